The third-order valence-corrected chi connectivity index (χ3v) is 4.76. The number of amides is 1. The molecule has 0 spiro atoms. The molecule has 1 saturated carbocycles. The molecule has 0 bridgehead atoms. The predicted octanol–water partition coefficient (Wildman–Crippen LogP) is 4.80. The molecule has 2 aromatic carbocycles. The van der Waals surface area contributed by atoms with Crippen molar-refractivity contribution in [1.82, 2.24) is 15.1 Å². The van der Waals surface area contributed by atoms with Gasteiger partial charge in [-0.3, -0.25) is 4.79 Å². The normalized spacial score (nSPS) is 13.5. The number of carbonyl (C=O) groups excluding carboxylic acids is 1. The minimum atomic E-state index is -2.96. The van der Waals surface area contributed by atoms with Crippen LogP contribution in [0.25, 0.3) is 11.5 Å². The van der Waals surface area contributed by atoms with Crippen molar-refractivity contribution < 1.29 is 22.7 Å². The van der Waals surface area contributed by atoms with Crippen LogP contribution in [0.15, 0.2) is 52.9 Å². The highest BCUT2D eigenvalue weighted by atomic mass is 35.5. The summed E-state index contributed by atoms with van der Waals surface area (Å²) in [5.41, 5.74) is 0.856. The van der Waals surface area contributed by atoms with Gasteiger partial charge in [0.15, 0.2) is 0 Å². The summed E-state index contributed by atoms with van der Waals surface area (Å²) in [6, 6.07) is 12.8. The zero-order valence-electron chi connectivity index (χ0n) is 15.1. The van der Waals surface area contributed by atoms with Gasteiger partial charge in [-0.15, -0.1) is 10.2 Å². The quantitative estimate of drug-likeness (QED) is 0.550. The summed E-state index contributed by atoms with van der Waals surface area (Å²) in [7, 11) is 0. The SMILES string of the molecule is O=C(c1cccc(OC(F)F)c1)N(Cc1nnc(-c2ccccc2Cl)o1)C1CC1. The Morgan fingerprint density at radius 1 is 1.21 bits per heavy atom. The van der Waals surface area contributed by atoms with Crippen LogP contribution in [0.2, 0.25) is 5.02 Å². The van der Waals surface area contributed by atoms with Gasteiger partial charge in [-0.05, 0) is 43.2 Å². The maximum atomic E-state index is 13.0. The molecule has 0 atom stereocenters. The second kappa shape index (κ2) is 8.16. The van der Waals surface area contributed by atoms with E-state index in [0.717, 1.165) is 12.8 Å². The Morgan fingerprint density at radius 3 is 2.72 bits per heavy atom. The van der Waals surface area contributed by atoms with Crippen LogP contribution in [-0.4, -0.2) is 33.7 Å². The predicted molar refractivity (Wildman–Crippen MR) is 101 cm³/mol. The van der Waals surface area contributed by atoms with Gasteiger partial charge in [0.2, 0.25) is 11.8 Å². The molecule has 1 aliphatic rings. The number of halogens is 3. The van der Waals surface area contributed by atoms with Crippen molar-refractivity contribution in [1.29, 1.82) is 0 Å². The standard InChI is InChI=1S/C20H16ClF2N3O3/c21-16-7-2-1-6-15(16)18-25-24-17(29-18)11-26(13-8-9-13)19(27)12-4-3-5-14(10-12)28-20(22)23/h1-7,10,13,20H,8-9,11H2. The number of ether oxygens (including phenoxy) is 1. The van der Waals surface area contributed by atoms with Crippen LogP contribution in [0.4, 0.5) is 8.78 Å². The monoisotopic (exact) mass is 419 g/mol. The van der Waals surface area contributed by atoms with Crippen molar-refractivity contribution in [2.75, 3.05) is 0 Å². The smallest absolute Gasteiger partial charge is 0.387 e. The van der Waals surface area contributed by atoms with Gasteiger partial charge < -0.3 is 14.1 Å². The molecule has 0 unspecified atom stereocenters. The molecule has 1 fully saturated rings. The fraction of sp³-hybridized carbons (Fsp3) is 0.250. The molecule has 29 heavy (non-hydrogen) atoms. The van der Waals surface area contributed by atoms with Gasteiger partial charge in [0.25, 0.3) is 5.91 Å². The average Bonchev–Trinajstić information content (AvgIpc) is 3.44. The third-order valence-electron chi connectivity index (χ3n) is 4.43. The minimum Gasteiger partial charge on any atom is -0.435 e. The first-order valence-electron chi connectivity index (χ1n) is 8.94. The molecule has 0 saturated heterocycles. The topological polar surface area (TPSA) is 68.5 Å². The molecule has 3 aromatic rings. The van der Waals surface area contributed by atoms with Crippen molar-refractivity contribution in [2.24, 2.45) is 0 Å². The van der Waals surface area contributed by atoms with Gasteiger partial charge >= 0.3 is 6.61 Å². The van der Waals surface area contributed by atoms with E-state index in [-0.39, 0.29) is 41.6 Å². The second-order valence-electron chi connectivity index (χ2n) is 6.55. The Labute approximate surface area is 170 Å². The first-order valence-corrected chi connectivity index (χ1v) is 9.32. The lowest BCUT2D eigenvalue weighted by atomic mass is 10.2. The molecule has 1 heterocycles. The van der Waals surface area contributed by atoms with Crippen molar-refractivity contribution in [2.45, 2.75) is 32.0 Å². The number of benzene rings is 2. The van der Waals surface area contributed by atoms with Crippen molar-refractivity contribution in [3.05, 3.63) is 65.0 Å². The number of alkyl halides is 2. The maximum absolute atomic E-state index is 13.0. The Bertz CT molecular complexity index is 1020. The van der Waals surface area contributed by atoms with E-state index < -0.39 is 6.61 Å². The molecule has 150 valence electrons. The molecule has 0 N–H and O–H groups in total. The minimum absolute atomic E-state index is 0.0397. The highest BCUT2D eigenvalue weighted by molar-refractivity contribution is 6.33. The summed E-state index contributed by atoms with van der Waals surface area (Å²) in [5.74, 6) is 0.145. The number of nitrogens with zero attached hydrogens (tertiary/aromatic N) is 3. The van der Waals surface area contributed by atoms with Crippen LogP contribution >= 0.6 is 11.6 Å². The highest BCUT2D eigenvalue weighted by Crippen LogP contribution is 2.31. The first-order chi connectivity index (χ1) is 14.0. The van der Waals surface area contributed by atoms with E-state index in [9.17, 15) is 13.6 Å². The Morgan fingerprint density at radius 2 is 2.00 bits per heavy atom. The van der Waals surface area contributed by atoms with Crippen LogP contribution < -0.4 is 4.74 Å². The fourth-order valence-corrected chi connectivity index (χ4v) is 3.15. The maximum Gasteiger partial charge on any atom is 0.387 e. The summed E-state index contributed by atoms with van der Waals surface area (Å²) < 4.78 is 35.0. The highest BCUT2D eigenvalue weighted by Gasteiger charge is 2.34. The summed E-state index contributed by atoms with van der Waals surface area (Å²) in [6.07, 6.45) is 1.70. The number of carbonyl (C=O) groups is 1. The summed E-state index contributed by atoms with van der Waals surface area (Å²) in [5, 5.41) is 8.52. The van der Waals surface area contributed by atoms with Crippen molar-refractivity contribution in [3.8, 4) is 17.2 Å². The molecule has 9 heteroatoms. The van der Waals surface area contributed by atoms with Gasteiger partial charge in [-0.2, -0.15) is 8.78 Å². The van der Waals surface area contributed by atoms with Gasteiger partial charge in [-0.1, -0.05) is 29.8 Å². The van der Waals surface area contributed by atoms with Gasteiger partial charge in [0.1, 0.15) is 5.75 Å². The van der Waals surface area contributed by atoms with Gasteiger partial charge in [0, 0.05) is 11.6 Å². The average molecular weight is 420 g/mol. The zero-order chi connectivity index (χ0) is 20.4. The number of hydrogen-bond acceptors (Lipinski definition) is 5. The van der Waals surface area contributed by atoms with Crippen molar-refractivity contribution >= 4 is 17.5 Å². The Kier molecular flexibility index (Phi) is 5.44. The van der Waals surface area contributed by atoms with Crippen LogP contribution in [-0.2, 0) is 6.54 Å². The lowest BCUT2D eigenvalue weighted by Crippen LogP contribution is -2.32. The molecule has 0 radical (unpaired) electrons. The van der Waals surface area contributed by atoms with E-state index >= 15 is 0 Å². The number of aromatic nitrogens is 2. The third kappa shape index (κ3) is 4.54. The van der Waals surface area contributed by atoms with Gasteiger partial charge in [-0.25, -0.2) is 0 Å². The molecular formula is C20H16ClF2N3O3. The molecule has 1 aliphatic carbocycles. The molecule has 1 amide bonds. The van der Waals surface area contributed by atoms with Crippen LogP contribution in [0.5, 0.6) is 5.75 Å². The largest absolute Gasteiger partial charge is 0.435 e. The van der Waals surface area contributed by atoms with E-state index in [1.54, 1.807) is 35.2 Å². The summed E-state index contributed by atoms with van der Waals surface area (Å²) in [6.45, 7) is -2.84. The number of rotatable bonds is 7. The van der Waals surface area contributed by atoms with Crippen molar-refractivity contribution in [3.63, 3.8) is 0 Å². The van der Waals surface area contributed by atoms with Crippen LogP contribution in [0, 0.1) is 0 Å². The fourth-order valence-electron chi connectivity index (χ4n) is 2.93. The van der Waals surface area contributed by atoms with Gasteiger partial charge in [0.05, 0.1) is 17.1 Å². The molecule has 0 aliphatic heterocycles. The summed E-state index contributed by atoms with van der Waals surface area (Å²) >= 11 is 6.16. The first kappa shape index (κ1) is 19.3. The number of hydrogen-bond donors (Lipinski definition) is 0. The Hall–Kier alpha value is -3.00. The lowest BCUT2D eigenvalue weighted by molar-refractivity contribution is -0.0499. The Balaban J connectivity index is 1.54. The molecule has 4 rings (SSSR count). The zero-order valence-corrected chi connectivity index (χ0v) is 15.9. The molecular weight excluding hydrogens is 404 g/mol. The van der Waals surface area contributed by atoms with Crippen LogP contribution in [0.1, 0.15) is 29.1 Å². The van der Waals surface area contributed by atoms with E-state index in [2.05, 4.69) is 14.9 Å². The molecule has 6 nitrogen and oxygen atoms in total. The molecule has 1 aromatic heterocycles. The second-order valence-corrected chi connectivity index (χ2v) is 6.96. The van der Waals surface area contributed by atoms with E-state index in [1.807, 2.05) is 0 Å². The van der Waals surface area contributed by atoms with E-state index in [4.69, 9.17) is 16.0 Å². The van der Waals surface area contributed by atoms with E-state index in [0.29, 0.717) is 10.6 Å². The van der Waals surface area contributed by atoms with Crippen LogP contribution in [0.3, 0.4) is 0 Å². The summed E-state index contributed by atoms with van der Waals surface area (Å²) in [4.78, 5) is 14.6. The van der Waals surface area contributed by atoms with E-state index in [1.165, 1.54) is 18.2 Å². The lowest BCUT2D eigenvalue weighted by Gasteiger charge is -2.21.